The molecule has 28 heavy (non-hydrogen) atoms. The van der Waals surface area contributed by atoms with Gasteiger partial charge in [-0.05, 0) is 42.8 Å². The van der Waals surface area contributed by atoms with Gasteiger partial charge in [-0.15, -0.1) is 11.3 Å². The molecule has 1 amide bonds. The van der Waals surface area contributed by atoms with E-state index >= 15 is 0 Å². The second-order valence-corrected chi connectivity index (χ2v) is 9.69. The molecular weight excluding hydrogens is 418 g/mol. The summed E-state index contributed by atoms with van der Waals surface area (Å²) in [6.07, 6.45) is 0. The van der Waals surface area contributed by atoms with E-state index < -0.39 is 9.84 Å². The number of hydrogen-bond acceptors (Lipinski definition) is 5. The lowest BCUT2D eigenvalue weighted by Crippen LogP contribution is -2.12. The van der Waals surface area contributed by atoms with Crippen LogP contribution in [0.25, 0.3) is 10.4 Å². The van der Waals surface area contributed by atoms with Crippen molar-refractivity contribution >= 4 is 44.4 Å². The monoisotopic (exact) mass is 433 g/mol. The van der Waals surface area contributed by atoms with Gasteiger partial charge in [0.05, 0.1) is 27.8 Å². The number of hydrogen-bond donors (Lipinski definition) is 1. The van der Waals surface area contributed by atoms with Gasteiger partial charge in [-0.1, -0.05) is 29.8 Å². The van der Waals surface area contributed by atoms with Crippen molar-refractivity contribution < 1.29 is 17.9 Å². The van der Waals surface area contributed by atoms with E-state index in [-0.39, 0.29) is 16.6 Å². The Morgan fingerprint density at radius 1 is 1.21 bits per heavy atom. The molecule has 0 fully saturated rings. The third-order valence-electron chi connectivity index (χ3n) is 4.34. The van der Waals surface area contributed by atoms with Crippen LogP contribution in [-0.2, 0) is 15.6 Å². The summed E-state index contributed by atoms with van der Waals surface area (Å²) in [7, 11) is -3.49. The van der Waals surface area contributed by atoms with Crippen LogP contribution in [0.5, 0.6) is 5.75 Å². The van der Waals surface area contributed by atoms with E-state index in [1.165, 1.54) is 17.4 Å². The first-order chi connectivity index (χ1) is 13.4. The molecule has 1 aromatic heterocycles. The summed E-state index contributed by atoms with van der Waals surface area (Å²) in [6, 6.07) is 13.6. The van der Waals surface area contributed by atoms with E-state index in [1.54, 1.807) is 30.3 Å². The van der Waals surface area contributed by atoms with E-state index in [0.717, 1.165) is 4.88 Å². The quantitative estimate of drug-likeness (QED) is 0.627. The molecule has 0 saturated carbocycles. The number of halogens is 1. The van der Waals surface area contributed by atoms with Crippen LogP contribution in [-0.4, -0.2) is 20.9 Å². The molecule has 5 nitrogen and oxygen atoms in total. The highest BCUT2D eigenvalue weighted by atomic mass is 35.5. The van der Waals surface area contributed by atoms with Gasteiger partial charge < -0.3 is 10.1 Å². The van der Waals surface area contributed by atoms with Crippen LogP contribution in [0.3, 0.4) is 0 Å². The van der Waals surface area contributed by atoms with Crippen LogP contribution in [0.15, 0.2) is 53.4 Å². The Bertz CT molecular complexity index is 1180. The minimum absolute atomic E-state index is 0.144. The van der Waals surface area contributed by atoms with E-state index in [2.05, 4.69) is 5.32 Å². The number of rotatable bonds is 4. The average Bonchev–Trinajstić information content (AvgIpc) is 3.07. The van der Waals surface area contributed by atoms with Crippen LogP contribution in [0.1, 0.15) is 22.2 Å². The van der Waals surface area contributed by atoms with Crippen LogP contribution in [0.2, 0.25) is 5.02 Å². The fourth-order valence-electron chi connectivity index (χ4n) is 3.13. The Kier molecular flexibility index (Phi) is 4.91. The van der Waals surface area contributed by atoms with Gasteiger partial charge in [0.1, 0.15) is 5.75 Å². The average molecular weight is 434 g/mol. The van der Waals surface area contributed by atoms with Gasteiger partial charge in [-0.2, -0.15) is 0 Å². The van der Waals surface area contributed by atoms with Crippen LogP contribution in [0.4, 0.5) is 5.69 Å². The molecule has 3 aromatic rings. The lowest BCUT2D eigenvalue weighted by molar-refractivity contribution is 0.103. The summed E-state index contributed by atoms with van der Waals surface area (Å²) < 4.78 is 30.7. The molecule has 144 valence electrons. The number of nitrogens with one attached hydrogen (secondary N) is 1. The molecule has 0 aliphatic carbocycles. The van der Waals surface area contributed by atoms with Crippen molar-refractivity contribution in [3.63, 3.8) is 0 Å². The number of sulfone groups is 1. The maximum atomic E-state index is 12.8. The number of amides is 1. The zero-order valence-corrected chi connectivity index (χ0v) is 17.2. The highest BCUT2D eigenvalue weighted by Crippen LogP contribution is 2.43. The fourth-order valence-corrected chi connectivity index (χ4v) is 6.25. The maximum Gasteiger partial charge on any atom is 0.265 e. The van der Waals surface area contributed by atoms with Crippen molar-refractivity contribution in [2.24, 2.45) is 0 Å². The van der Waals surface area contributed by atoms with Crippen molar-refractivity contribution in [2.75, 3.05) is 11.9 Å². The molecule has 0 bridgehead atoms. The Morgan fingerprint density at radius 2 is 2.00 bits per heavy atom. The molecule has 2 aromatic carbocycles. The van der Waals surface area contributed by atoms with Crippen LogP contribution < -0.4 is 10.1 Å². The van der Waals surface area contributed by atoms with E-state index in [1.807, 2.05) is 19.1 Å². The Balaban J connectivity index is 1.70. The normalized spacial score (nSPS) is 14.1. The Labute approximate surface area is 171 Å². The third-order valence-corrected chi connectivity index (χ3v) is 7.48. The van der Waals surface area contributed by atoms with Crippen LogP contribution in [0, 0.1) is 0 Å². The molecule has 4 rings (SSSR count). The Hall–Kier alpha value is -2.35. The molecular formula is C20H16ClNO4S2. The molecule has 1 aliphatic rings. The van der Waals surface area contributed by atoms with Gasteiger partial charge >= 0.3 is 0 Å². The van der Waals surface area contributed by atoms with Gasteiger partial charge in [0.15, 0.2) is 9.84 Å². The minimum Gasteiger partial charge on any atom is -0.492 e. The topological polar surface area (TPSA) is 72.5 Å². The first kappa shape index (κ1) is 19.0. The van der Waals surface area contributed by atoms with Gasteiger partial charge in [0.2, 0.25) is 0 Å². The number of anilines is 1. The number of benzene rings is 2. The van der Waals surface area contributed by atoms with E-state index in [4.69, 9.17) is 16.3 Å². The number of fused-ring (bicyclic) bond motifs is 3. The second kappa shape index (κ2) is 7.24. The first-order valence-electron chi connectivity index (χ1n) is 8.57. The number of carbonyl (C=O) groups excluding carboxylic acids is 1. The van der Waals surface area contributed by atoms with Crippen LogP contribution >= 0.6 is 22.9 Å². The molecule has 0 unspecified atom stereocenters. The van der Waals surface area contributed by atoms with E-state index in [9.17, 15) is 13.2 Å². The summed E-state index contributed by atoms with van der Waals surface area (Å²) in [6.45, 7) is 2.35. The summed E-state index contributed by atoms with van der Waals surface area (Å²) in [5.41, 5.74) is 1.79. The largest absolute Gasteiger partial charge is 0.492 e. The molecule has 0 atom stereocenters. The molecule has 8 heteroatoms. The van der Waals surface area contributed by atoms with Crippen molar-refractivity contribution in [2.45, 2.75) is 17.6 Å². The van der Waals surface area contributed by atoms with Gasteiger partial charge in [0.25, 0.3) is 5.91 Å². The third kappa shape index (κ3) is 3.41. The minimum atomic E-state index is -3.49. The zero-order valence-electron chi connectivity index (χ0n) is 14.9. The molecule has 2 heterocycles. The zero-order chi connectivity index (χ0) is 19.9. The molecule has 1 aliphatic heterocycles. The maximum absolute atomic E-state index is 12.8. The van der Waals surface area contributed by atoms with Crippen molar-refractivity contribution in [3.05, 3.63) is 64.0 Å². The smallest absolute Gasteiger partial charge is 0.265 e. The summed E-state index contributed by atoms with van der Waals surface area (Å²) in [4.78, 5) is 14.2. The number of ether oxygens (including phenoxy) is 1. The lowest BCUT2D eigenvalue weighted by Gasteiger charge is -2.16. The number of thiophene rings is 1. The highest BCUT2D eigenvalue weighted by molar-refractivity contribution is 7.91. The van der Waals surface area contributed by atoms with Gasteiger partial charge in [0, 0.05) is 15.5 Å². The summed E-state index contributed by atoms with van der Waals surface area (Å²) in [5, 5.41) is 3.22. The first-order valence-corrected chi connectivity index (χ1v) is 11.4. The predicted octanol–water partition coefficient (Wildman–Crippen LogP) is 5.01. The van der Waals surface area contributed by atoms with E-state index in [0.29, 0.717) is 39.1 Å². The second-order valence-electron chi connectivity index (χ2n) is 6.25. The molecule has 0 spiro atoms. The summed E-state index contributed by atoms with van der Waals surface area (Å²) >= 11 is 7.25. The van der Waals surface area contributed by atoms with Crippen molar-refractivity contribution in [1.29, 1.82) is 0 Å². The standard InChI is InChI=1S/C20H16ClNO4S2/c1-2-26-16-6-4-3-5-15(16)22-20(23)17-9-12-11-28(24,25)18-10-13(21)7-8-14(18)19(12)27-17/h3-10H,2,11H2,1H3,(H,22,23). The lowest BCUT2D eigenvalue weighted by atomic mass is 10.1. The van der Waals surface area contributed by atoms with Gasteiger partial charge in [-0.25, -0.2) is 8.42 Å². The number of carbonyl (C=O) groups is 1. The summed E-state index contributed by atoms with van der Waals surface area (Å²) in [5.74, 6) is 0.135. The fraction of sp³-hybridized carbons (Fsp3) is 0.150. The van der Waals surface area contributed by atoms with Crippen molar-refractivity contribution in [3.8, 4) is 16.2 Å². The van der Waals surface area contributed by atoms with Gasteiger partial charge in [-0.3, -0.25) is 4.79 Å². The molecule has 0 saturated heterocycles. The molecule has 0 radical (unpaired) electrons. The SMILES string of the molecule is CCOc1ccccc1NC(=O)c1cc2c(s1)-c1ccc(Cl)cc1S(=O)(=O)C2. The predicted molar refractivity (Wildman–Crippen MR) is 111 cm³/mol. The highest BCUT2D eigenvalue weighted by Gasteiger charge is 2.31. The number of para-hydroxylation sites is 2. The Morgan fingerprint density at radius 3 is 2.79 bits per heavy atom. The molecule has 1 N–H and O–H groups in total. The van der Waals surface area contributed by atoms with Crippen molar-refractivity contribution in [1.82, 2.24) is 0 Å².